The summed E-state index contributed by atoms with van der Waals surface area (Å²) in [6.07, 6.45) is 7.91. The number of hydrogen-bond acceptors (Lipinski definition) is 7. The predicted octanol–water partition coefficient (Wildman–Crippen LogP) is 2.03. The maximum atomic E-state index is 12.3. The molecule has 0 spiro atoms. The van der Waals surface area contributed by atoms with Crippen LogP contribution in [0, 0.1) is 17.8 Å². The lowest BCUT2D eigenvalue weighted by Gasteiger charge is -2.19. The molecule has 8 heteroatoms. The fourth-order valence-electron chi connectivity index (χ4n) is 4.17. The van der Waals surface area contributed by atoms with E-state index in [1.165, 1.54) is 0 Å². The zero-order valence-electron chi connectivity index (χ0n) is 15.2. The number of amides is 1. The van der Waals surface area contributed by atoms with Crippen LogP contribution in [0.4, 0.5) is 5.95 Å². The second kappa shape index (κ2) is 7.03. The summed E-state index contributed by atoms with van der Waals surface area (Å²) in [6, 6.07) is 7.16. The normalized spacial score (nSPS) is 22.7. The number of pyridine rings is 1. The molecule has 2 atom stereocenters. The Bertz CT molecular complexity index is 949. The number of nitrogens with one attached hydrogen (secondary N) is 1. The molecule has 2 fully saturated rings. The number of piperidine rings is 1. The second-order valence-corrected chi connectivity index (χ2v) is 7.31. The summed E-state index contributed by atoms with van der Waals surface area (Å²) in [4.78, 5) is 27.2. The second-order valence-electron chi connectivity index (χ2n) is 7.31. The van der Waals surface area contributed by atoms with Gasteiger partial charge in [-0.1, -0.05) is 5.16 Å². The summed E-state index contributed by atoms with van der Waals surface area (Å²) < 4.78 is 5.26. The fraction of sp³-hybridized carbons (Fsp3) is 0.350. The number of rotatable bonds is 6. The molecule has 28 heavy (non-hydrogen) atoms. The quantitative estimate of drug-likeness (QED) is 0.703. The molecule has 142 valence electrons. The minimum absolute atomic E-state index is 0.205. The molecule has 1 aliphatic heterocycles. The van der Waals surface area contributed by atoms with Gasteiger partial charge in [-0.15, -0.1) is 0 Å². The highest BCUT2D eigenvalue weighted by molar-refractivity contribution is 5.93. The van der Waals surface area contributed by atoms with E-state index in [9.17, 15) is 4.79 Å². The highest BCUT2D eigenvalue weighted by atomic mass is 16.5. The highest BCUT2D eigenvalue weighted by Crippen LogP contribution is 2.53. The fourth-order valence-corrected chi connectivity index (χ4v) is 4.17. The molecule has 1 saturated heterocycles. The lowest BCUT2D eigenvalue weighted by molar-refractivity contribution is 0.0943. The van der Waals surface area contributed by atoms with Crippen molar-refractivity contribution in [2.45, 2.75) is 6.42 Å². The molecule has 2 aliphatic rings. The maximum Gasteiger partial charge on any atom is 0.273 e. The van der Waals surface area contributed by atoms with Gasteiger partial charge in [-0.25, -0.2) is 9.97 Å². The summed E-state index contributed by atoms with van der Waals surface area (Å²) in [5, 5.41) is 6.82. The van der Waals surface area contributed by atoms with Gasteiger partial charge < -0.3 is 14.7 Å². The van der Waals surface area contributed by atoms with E-state index in [-0.39, 0.29) is 5.91 Å². The molecule has 4 heterocycles. The molecule has 1 amide bonds. The van der Waals surface area contributed by atoms with Crippen LogP contribution in [0.2, 0.25) is 0 Å². The van der Waals surface area contributed by atoms with Crippen LogP contribution in [0.25, 0.3) is 11.3 Å². The molecule has 2 unspecified atom stereocenters. The van der Waals surface area contributed by atoms with Crippen molar-refractivity contribution in [1.29, 1.82) is 0 Å². The Hall–Kier alpha value is -3.29. The average Bonchev–Trinajstić information content (AvgIpc) is 3.14. The number of hydrogen-bond donors (Lipinski definition) is 1. The van der Waals surface area contributed by atoms with Crippen molar-refractivity contribution in [2.24, 2.45) is 17.8 Å². The van der Waals surface area contributed by atoms with Gasteiger partial charge in [0.25, 0.3) is 5.91 Å². The average molecular weight is 376 g/mol. The molecule has 3 aromatic rings. The number of anilines is 1. The third-order valence-electron chi connectivity index (χ3n) is 5.66. The van der Waals surface area contributed by atoms with E-state index in [2.05, 4.69) is 30.3 Å². The zero-order chi connectivity index (χ0) is 18.9. The topological polar surface area (TPSA) is 97.0 Å². The van der Waals surface area contributed by atoms with Crippen LogP contribution in [0.15, 0.2) is 53.6 Å². The minimum atomic E-state index is -0.205. The van der Waals surface area contributed by atoms with Gasteiger partial charge in [0, 0.05) is 56.1 Å². The SMILES string of the molecule is O=C(NCCC1C2CN(c3ncccn3)CC12)c1cc(-c2cccnc2)on1. The summed E-state index contributed by atoms with van der Waals surface area (Å²) in [6.45, 7) is 2.66. The summed E-state index contributed by atoms with van der Waals surface area (Å²) in [7, 11) is 0. The molecule has 1 saturated carbocycles. The first-order chi connectivity index (χ1) is 13.8. The van der Waals surface area contributed by atoms with Crippen molar-refractivity contribution in [3.05, 3.63) is 54.7 Å². The first kappa shape index (κ1) is 16.9. The summed E-state index contributed by atoms with van der Waals surface area (Å²) in [5.74, 6) is 3.19. The van der Waals surface area contributed by atoms with Gasteiger partial charge in [-0.2, -0.15) is 0 Å². The van der Waals surface area contributed by atoms with Crippen LogP contribution >= 0.6 is 0 Å². The lowest BCUT2D eigenvalue weighted by atomic mass is 10.2. The number of nitrogens with zero attached hydrogens (tertiary/aromatic N) is 5. The third-order valence-corrected chi connectivity index (χ3v) is 5.66. The predicted molar refractivity (Wildman–Crippen MR) is 101 cm³/mol. The smallest absolute Gasteiger partial charge is 0.273 e. The molecular weight excluding hydrogens is 356 g/mol. The van der Waals surface area contributed by atoms with Gasteiger partial charge in [0.05, 0.1) is 0 Å². The van der Waals surface area contributed by atoms with E-state index in [4.69, 9.17) is 4.52 Å². The van der Waals surface area contributed by atoms with Crippen LogP contribution in [0.3, 0.4) is 0 Å². The van der Waals surface area contributed by atoms with E-state index in [0.717, 1.165) is 31.0 Å². The first-order valence-corrected chi connectivity index (χ1v) is 9.47. The molecule has 1 aliphatic carbocycles. The van der Waals surface area contributed by atoms with Gasteiger partial charge in [-0.3, -0.25) is 9.78 Å². The molecule has 1 N–H and O–H groups in total. The van der Waals surface area contributed by atoms with Gasteiger partial charge in [-0.05, 0) is 42.4 Å². The molecule has 0 radical (unpaired) electrons. The molecule has 0 aromatic carbocycles. The Morgan fingerprint density at radius 1 is 1.18 bits per heavy atom. The van der Waals surface area contributed by atoms with Gasteiger partial charge in [0.1, 0.15) is 0 Å². The minimum Gasteiger partial charge on any atom is -0.355 e. The Balaban J connectivity index is 1.09. The first-order valence-electron chi connectivity index (χ1n) is 9.47. The van der Waals surface area contributed by atoms with E-state index in [1.54, 1.807) is 30.9 Å². The highest BCUT2D eigenvalue weighted by Gasteiger charge is 2.55. The van der Waals surface area contributed by atoms with Crippen molar-refractivity contribution < 1.29 is 9.32 Å². The van der Waals surface area contributed by atoms with Crippen LogP contribution in [-0.2, 0) is 0 Å². The van der Waals surface area contributed by atoms with E-state index >= 15 is 0 Å². The monoisotopic (exact) mass is 376 g/mol. The standard InChI is InChI=1S/C20H20N6O2/c27-19(17-9-18(28-25-17)13-3-1-5-21-10-13)22-8-4-14-15-11-26(12-16(14)15)20-23-6-2-7-24-20/h1-3,5-7,9-10,14-16H,4,8,11-12H2,(H,22,27). The Morgan fingerprint density at radius 3 is 2.75 bits per heavy atom. The lowest BCUT2D eigenvalue weighted by Crippen LogP contribution is -2.28. The maximum absolute atomic E-state index is 12.3. The van der Waals surface area contributed by atoms with Crippen LogP contribution < -0.4 is 10.2 Å². The van der Waals surface area contributed by atoms with Crippen molar-refractivity contribution in [1.82, 2.24) is 25.4 Å². The number of aromatic nitrogens is 4. The Labute approximate surface area is 162 Å². The van der Waals surface area contributed by atoms with Crippen molar-refractivity contribution >= 4 is 11.9 Å². The Kier molecular flexibility index (Phi) is 4.23. The molecular formula is C20H20N6O2. The van der Waals surface area contributed by atoms with Crippen molar-refractivity contribution in [3.8, 4) is 11.3 Å². The number of carbonyl (C=O) groups is 1. The van der Waals surface area contributed by atoms with Crippen LogP contribution in [0.5, 0.6) is 0 Å². The molecule has 5 rings (SSSR count). The summed E-state index contributed by atoms with van der Waals surface area (Å²) in [5.41, 5.74) is 1.09. The molecule has 8 nitrogen and oxygen atoms in total. The zero-order valence-corrected chi connectivity index (χ0v) is 15.2. The molecule has 3 aromatic heterocycles. The van der Waals surface area contributed by atoms with Gasteiger partial charge in [0.2, 0.25) is 5.95 Å². The third kappa shape index (κ3) is 3.21. The number of carbonyl (C=O) groups excluding carboxylic acids is 1. The molecule has 0 bridgehead atoms. The van der Waals surface area contributed by atoms with E-state index in [0.29, 0.717) is 35.8 Å². The summed E-state index contributed by atoms with van der Waals surface area (Å²) >= 11 is 0. The van der Waals surface area contributed by atoms with Crippen molar-refractivity contribution in [2.75, 3.05) is 24.5 Å². The van der Waals surface area contributed by atoms with E-state index < -0.39 is 0 Å². The van der Waals surface area contributed by atoms with Crippen molar-refractivity contribution in [3.63, 3.8) is 0 Å². The van der Waals surface area contributed by atoms with Crippen LogP contribution in [0.1, 0.15) is 16.9 Å². The number of fused-ring (bicyclic) bond motifs is 1. The largest absolute Gasteiger partial charge is 0.355 e. The van der Waals surface area contributed by atoms with E-state index in [1.807, 2.05) is 18.2 Å². The van der Waals surface area contributed by atoms with Gasteiger partial charge in [0.15, 0.2) is 11.5 Å². The van der Waals surface area contributed by atoms with Gasteiger partial charge >= 0.3 is 0 Å². The Morgan fingerprint density at radius 2 is 2.00 bits per heavy atom. The van der Waals surface area contributed by atoms with Crippen LogP contribution in [-0.4, -0.2) is 45.7 Å².